The molecule has 0 unspecified atom stereocenters. The Kier molecular flexibility index (Phi) is 7.32. The minimum Gasteiger partial charge on any atom is -0.316 e. The summed E-state index contributed by atoms with van der Waals surface area (Å²) in [5.41, 5.74) is 7.45. The van der Waals surface area contributed by atoms with Crippen molar-refractivity contribution in [3.8, 4) is 5.69 Å². The lowest BCUT2D eigenvalue weighted by Crippen LogP contribution is -2.32. The smallest absolute Gasteiger partial charge is 0.139 e. The highest BCUT2D eigenvalue weighted by atomic mass is 35.5. The first-order valence-electron chi connectivity index (χ1n) is 13.1. The fourth-order valence-electron chi connectivity index (χ4n) is 5.34. The average Bonchev–Trinajstić information content (AvgIpc) is 3.22. The lowest BCUT2D eigenvalue weighted by atomic mass is 9.87. The molecule has 0 N–H and O–H groups in total. The zero-order valence-electron chi connectivity index (χ0n) is 21.5. The Hall–Kier alpha value is -2.88. The molecule has 0 atom stereocenters. The maximum Gasteiger partial charge on any atom is 0.139 e. The van der Waals surface area contributed by atoms with E-state index in [2.05, 4.69) is 83.3 Å². The SMILES string of the molecule is Cc1ccc(-n2cc(CN3CCC(c4cccc(CC(=O)C(C)C)c4)CC3)c3ccc(Cl)cc32)cc1. The number of benzene rings is 3. The molecule has 5 rings (SSSR count). The average molecular weight is 499 g/mol. The first-order chi connectivity index (χ1) is 17.4. The van der Waals surface area contributed by atoms with E-state index in [9.17, 15) is 4.79 Å². The molecule has 0 spiro atoms. The summed E-state index contributed by atoms with van der Waals surface area (Å²) >= 11 is 6.39. The summed E-state index contributed by atoms with van der Waals surface area (Å²) in [5, 5.41) is 2.03. The van der Waals surface area contributed by atoms with Crippen LogP contribution < -0.4 is 0 Å². The van der Waals surface area contributed by atoms with Gasteiger partial charge < -0.3 is 4.57 Å². The lowest BCUT2D eigenvalue weighted by molar-refractivity contribution is -0.121. The molecule has 1 aromatic heterocycles. The van der Waals surface area contributed by atoms with Crippen LogP contribution in [0.3, 0.4) is 0 Å². The third kappa shape index (κ3) is 5.43. The first kappa shape index (κ1) is 24.8. The number of hydrogen-bond acceptors (Lipinski definition) is 2. The van der Waals surface area contributed by atoms with Crippen LogP contribution in [-0.2, 0) is 17.8 Å². The van der Waals surface area contributed by atoms with Gasteiger partial charge in [0.05, 0.1) is 5.52 Å². The van der Waals surface area contributed by atoms with E-state index in [1.807, 2.05) is 19.9 Å². The number of aromatic nitrogens is 1. The predicted molar refractivity (Wildman–Crippen MR) is 150 cm³/mol. The third-order valence-electron chi connectivity index (χ3n) is 7.59. The molecular formula is C32H35ClN2O. The molecule has 186 valence electrons. The van der Waals surface area contributed by atoms with E-state index in [1.165, 1.54) is 22.1 Å². The minimum absolute atomic E-state index is 0.0878. The number of rotatable bonds is 7. The molecule has 1 saturated heterocycles. The van der Waals surface area contributed by atoms with Crippen molar-refractivity contribution < 1.29 is 4.79 Å². The van der Waals surface area contributed by atoms with Gasteiger partial charge in [-0.15, -0.1) is 0 Å². The summed E-state index contributed by atoms with van der Waals surface area (Å²) < 4.78 is 2.27. The lowest BCUT2D eigenvalue weighted by Gasteiger charge is -2.32. The summed E-state index contributed by atoms with van der Waals surface area (Å²) in [6.45, 7) is 9.16. The molecule has 1 fully saturated rings. The second kappa shape index (κ2) is 10.6. The number of carbonyl (C=O) groups excluding carboxylic acids is 1. The molecule has 0 amide bonds. The van der Waals surface area contributed by atoms with E-state index in [0.29, 0.717) is 18.1 Å². The molecule has 0 radical (unpaired) electrons. The van der Waals surface area contributed by atoms with Crippen molar-refractivity contribution in [2.45, 2.75) is 52.5 Å². The van der Waals surface area contributed by atoms with E-state index in [0.717, 1.165) is 54.3 Å². The zero-order valence-corrected chi connectivity index (χ0v) is 22.3. The quantitative estimate of drug-likeness (QED) is 0.260. The van der Waals surface area contributed by atoms with Crippen LogP contribution >= 0.6 is 11.6 Å². The summed E-state index contributed by atoms with van der Waals surface area (Å²) in [5.74, 6) is 0.959. The van der Waals surface area contributed by atoms with E-state index in [1.54, 1.807) is 0 Å². The monoisotopic (exact) mass is 498 g/mol. The molecule has 3 nitrogen and oxygen atoms in total. The van der Waals surface area contributed by atoms with Crippen LogP contribution in [0.15, 0.2) is 72.9 Å². The molecule has 0 aliphatic carbocycles. The first-order valence-corrected chi connectivity index (χ1v) is 13.5. The van der Waals surface area contributed by atoms with Crippen LogP contribution in [0, 0.1) is 12.8 Å². The van der Waals surface area contributed by atoms with Crippen molar-refractivity contribution in [3.05, 3.63) is 100 Å². The van der Waals surface area contributed by atoms with Gasteiger partial charge in [-0.05, 0) is 79.7 Å². The Morgan fingerprint density at radius 3 is 2.47 bits per heavy atom. The highest BCUT2D eigenvalue weighted by Crippen LogP contribution is 2.32. The number of piperidine rings is 1. The molecule has 1 aliphatic rings. The van der Waals surface area contributed by atoms with Gasteiger partial charge in [0.1, 0.15) is 5.78 Å². The van der Waals surface area contributed by atoms with Gasteiger partial charge in [0, 0.05) is 41.2 Å². The number of ketones is 1. The minimum atomic E-state index is 0.0878. The number of nitrogens with zero attached hydrogens (tertiary/aromatic N) is 2. The van der Waals surface area contributed by atoms with Gasteiger partial charge in [-0.3, -0.25) is 9.69 Å². The molecule has 4 aromatic rings. The van der Waals surface area contributed by atoms with Gasteiger partial charge in [-0.25, -0.2) is 0 Å². The number of halogens is 1. The second-order valence-electron chi connectivity index (χ2n) is 10.6. The van der Waals surface area contributed by atoms with Crippen molar-refractivity contribution in [1.82, 2.24) is 9.47 Å². The van der Waals surface area contributed by atoms with Crippen molar-refractivity contribution in [2.24, 2.45) is 5.92 Å². The van der Waals surface area contributed by atoms with Crippen molar-refractivity contribution in [2.75, 3.05) is 13.1 Å². The Bertz CT molecular complexity index is 1360. The number of aryl methyl sites for hydroxylation is 1. The van der Waals surface area contributed by atoms with Crippen LogP contribution in [0.5, 0.6) is 0 Å². The number of carbonyl (C=O) groups is 1. The third-order valence-corrected chi connectivity index (χ3v) is 7.82. The molecule has 4 heteroatoms. The highest BCUT2D eigenvalue weighted by Gasteiger charge is 2.22. The Morgan fingerprint density at radius 2 is 1.75 bits per heavy atom. The highest BCUT2D eigenvalue weighted by molar-refractivity contribution is 6.31. The van der Waals surface area contributed by atoms with Gasteiger partial charge in [-0.2, -0.15) is 0 Å². The molecular weight excluding hydrogens is 464 g/mol. The normalized spacial score (nSPS) is 15.1. The molecule has 36 heavy (non-hydrogen) atoms. The Labute approximate surface area is 219 Å². The maximum absolute atomic E-state index is 12.2. The van der Waals surface area contributed by atoms with Crippen molar-refractivity contribution in [3.63, 3.8) is 0 Å². The maximum atomic E-state index is 12.2. The Balaban J connectivity index is 1.30. The molecule has 0 saturated carbocycles. The fourth-order valence-corrected chi connectivity index (χ4v) is 5.51. The zero-order chi connectivity index (χ0) is 25.2. The van der Waals surface area contributed by atoms with E-state index in [-0.39, 0.29) is 5.92 Å². The van der Waals surface area contributed by atoms with Crippen molar-refractivity contribution >= 4 is 28.3 Å². The summed E-state index contributed by atoms with van der Waals surface area (Å²) in [6.07, 6.45) is 5.11. The van der Waals surface area contributed by atoms with Gasteiger partial charge >= 0.3 is 0 Å². The van der Waals surface area contributed by atoms with E-state index < -0.39 is 0 Å². The van der Waals surface area contributed by atoms with E-state index >= 15 is 0 Å². The number of Topliss-reactive ketones (excluding diaryl/α,β-unsaturated/α-hetero) is 1. The molecule has 3 aromatic carbocycles. The van der Waals surface area contributed by atoms with Crippen LogP contribution in [0.4, 0.5) is 0 Å². The Morgan fingerprint density at radius 1 is 1.00 bits per heavy atom. The largest absolute Gasteiger partial charge is 0.316 e. The van der Waals surface area contributed by atoms with Crippen molar-refractivity contribution in [1.29, 1.82) is 0 Å². The van der Waals surface area contributed by atoms with Gasteiger partial charge in [0.15, 0.2) is 0 Å². The molecule has 0 bridgehead atoms. The van der Waals surface area contributed by atoms with Crippen LogP contribution in [0.2, 0.25) is 5.02 Å². The molecule has 2 heterocycles. The van der Waals surface area contributed by atoms with Gasteiger partial charge in [-0.1, -0.05) is 73.5 Å². The summed E-state index contributed by atoms with van der Waals surface area (Å²) in [6, 6.07) is 23.6. The number of likely N-dealkylation sites (tertiary alicyclic amines) is 1. The standard InChI is InChI=1S/C32H35ClN2O/c1-22(2)32(36)18-24-5-4-6-26(17-24)25-13-15-34(16-14-25)20-27-21-35(29-10-7-23(3)8-11-29)31-19-28(33)9-12-30(27)31/h4-12,17,19,21-22,25H,13-16,18,20H2,1-3H3. The fraction of sp³-hybridized carbons (Fsp3) is 0.344. The molecule has 1 aliphatic heterocycles. The topological polar surface area (TPSA) is 25.2 Å². The van der Waals surface area contributed by atoms with Crippen LogP contribution in [0.1, 0.15) is 54.9 Å². The van der Waals surface area contributed by atoms with Gasteiger partial charge in [0.25, 0.3) is 0 Å². The number of fused-ring (bicyclic) bond motifs is 1. The van der Waals surface area contributed by atoms with Crippen LogP contribution in [0.25, 0.3) is 16.6 Å². The second-order valence-corrected chi connectivity index (χ2v) is 11.1. The van der Waals surface area contributed by atoms with Crippen LogP contribution in [-0.4, -0.2) is 28.3 Å². The summed E-state index contributed by atoms with van der Waals surface area (Å²) in [4.78, 5) is 14.8. The summed E-state index contributed by atoms with van der Waals surface area (Å²) in [7, 11) is 0. The van der Waals surface area contributed by atoms with Gasteiger partial charge in [0.2, 0.25) is 0 Å². The number of hydrogen-bond donors (Lipinski definition) is 0. The van der Waals surface area contributed by atoms with E-state index in [4.69, 9.17) is 11.6 Å². The predicted octanol–water partition coefficient (Wildman–Crippen LogP) is 7.74.